The maximum absolute atomic E-state index is 14.9. The molecule has 2 aliphatic heterocycles. The summed E-state index contributed by atoms with van der Waals surface area (Å²) in [5, 5.41) is 12.6. The van der Waals surface area contributed by atoms with Crippen LogP contribution in [0.2, 0.25) is 0 Å². The zero-order valence-electron chi connectivity index (χ0n) is 53.5. The van der Waals surface area contributed by atoms with Crippen molar-refractivity contribution in [1.82, 2.24) is 40.9 Å². The van der Waals surface area contributed by atoms with E-state index in [0.717, 1.165) is 40.7 Å². The molecule has 1 saturated carbocycles. The standard InChI is InChI=1S/C72H94N10O9S/c1-52(2)39-61-44-81(69(88)35-31-54-19-9-4-10-20-54)49-66(85)77-63(41-56-23-13-6-14-24-56)46-82(71(90)42-57-26-27-57)50-67(86)76-62(40-55-21-11-5-12-22-55)45-79(47-64(74)83)70(89)36-38-92-51-58-28-32-59(33-29-58)72(91)78-60(25-15-16-37-73)43-80(48-65(84)75-61)68(87)34-30-53-17-7-3-8-18-53/h3-14,17-24,28-29,32-33,52,57,60-63H,15-16,25-27,30-31,34-51,73H2,1-2H3,(H2,74,83)(H,75,84)(H,76,86)(H,77,85)(H,78,91)/t60-,61?,62-,63-/m0/s1. The highest BCUT2D eigenvalue weighted by Crippen LogP contribution is 2.33. The van der Waals surface area contributed by atoms with E-state index >= 15 is 0 Å². The number of amides is 9. The van der Waals surface area contributed by atoms with E-state index in [2.05, 4.69) is 21.3 Å². The smallest absolute Gasteiger partial charge is 0.251 e. The first-order valence-electron chi connectivity index (χ1n) is 32.6. The fourth-order valence-electron chi connectivity index (χ4n) is 11.6. The first-order chi connectivity index (χ1) is 44.4. The lowest BCUT2D eigenvalue weighted by molar-refractivity contribution is -0.139. The molecule has 1 fully saturated rings. The van der Waals surface area contributed by atoms with Crippen molar-refractivity contribution in [3.8, 4) is 0 Å². The number of nitrogens with two attached hydrogens (primary N) is 2. The van der Waals surface area contributed by atoms with Crippen LogP contribution in [-0.2, 0) is 69.8 Å². The van der Waals surface area contributed by atoms with Crippen molar-refractivity contribution in [1.29, 1.82) is 0 Å². The van der Waals surface area contributed by atoms with Gasteiger partial charge in [-0.2, -0.15) is 11.8 Å². The number of aryl methyl sites for hydroxylation is 2. The molecule has 492 valence electrons. The Bertz CT molecular complexity index is 3160. The second kappa shape index (κ2) is 37.8. The normalized spacial score (nSPS) is 19.2. The lowest BCUT2D eigenvalue weighted by Crippen LogP contribution is -2.55. The summed E-state index contributed by atoms with van der Waals surface area (Å²) in [6.45, 7) is 2.75. The van der Waals surface area contributed by atoms with Crippen LogP contribution in [0.4, 0.5) is 0 Å². The fourth-order valence-corrected chi connectivity index (χ4v) is 12.4. The largest absolute Gasteiger partial charge is 0.368 e. The van der Waals surface area contributed by atoms with Gasteiger partial charge < -0.3 is 52.3 Å². The minimum atomic E-state index is -0.752. The molecule has 2 bridgehead atoms. The molecule has 0 saturated heterocycles. The Labute approximate surface area is 546 Å². The maximum Gasteiger partial charge on any atom is 0.251 e. The number of hydrogen-bond donors (Lipinski definition) is 6. The summed E-state index contributed by atoms with van der Waals surface area (Å²) in [5.74, 6) is -2.74. The molecule has 4 atom stereocenters. The Hall–Kier alpha value is -8.36. The van der Waals surface area contributed by atoms with E-state index in [9.17, 15) is 43.2 Å². The summed E-state index contributed by atoms with van der Waals surface area (Å²) in [4.78, 5) is 135. The van der Waals surface area contributed by atoms with E-state index in [-0.39, 0.29) is 126 Å². The highest BCUT2D eigenvalue weighted by Gasteiger charge is 2.33. The van der Waals surface area contributed by atoms with Gasteiger partial charge >= 0.3 is 0 Å². The number of nitrogens with one attached hydrogen (secondary N) is 4. The van der Waals surface area contributed by atoms with Crippen molar-refractivity contribution < 1.29 is 43.2 Å². The molecule has 5 aromatic carbocycles. The highest BCUT2D eigenvalue weighted by molar-refractivity contribution is 7.98. The number of benzene rings is 5. The molecule has 2 heterocycles. The van der Waals surface area contributed by atoms with Gasteiger partial charge in [-0.1, -0.05) is 154 Å². The summed E-state index contributed by atoms with van der Waals surface area (Å²) in [6.07, 6.45) is 5.69. The van der Waals surface area contributed by atoms with Crippen LogP contribution >= 0.6 is 11.8 Å². The van der Waals surface area contributed by atoms with Gasteiger partial charge in [-0.15, -0.1) is 0 Å². The number of fused-ring (bicyclic) bond motifs is 29. The van der Waals surface area contributed by atoms with Gasteiger partial charge in [-0.25, -0.2) is 0 Å². The van der Waals surface area contributed by atoms with Crippen molar-refractivity contribution in [2.24, 2.45) is 23.3 Å². The van der Waals surface area contributed by atoms with E-state index in [1.165, 1.54) is 31.4 Å². The highest BCUT2D eigenvalue weighted by atomic mass is 32.2. The third-order valence-electron chi connectivity index (χ3n) is 16.4. The monoisotopic (exact) mass is 1270 g/mol. The third-order valence-corrected chi connectivity index (χ3v) is 17.4. The Morgan fingerprint density at radius 2 is 1.00 bits per heavy atom. The topological polar surface area (TPSA) is 267 Å². The van der Waals surface area contributed by atoms with Gasteiger partial charge in [0.05, 0.1) is 38.3 Å². The Kier molecular flexibility index (Phi) is 29.2. The fraction of sp³-hybridized carbons (Fsp3) is 0.458. The van der Waals surface area contributed by atoms with Crippen molar-refractivity contribution in [3.63, 3.8) is 0 Å². The number of nitrogens with zero attached hydrogens (tertiary/aromatic N) is 4. The summed E-state index contributed by atoms with van der Waals surface area (Å²) in [6, 6.07) is 42.4. The van der Waals surface area contributed by atoms with Crippen LogP contribution in [0, 0.1) is 11.8 Å². The lowest BCUT2D eigenvalue weighted by Gasteiger charge is -2.32. The first-order valence-corrected chi connectivity index (χ1v) is 33.7. The Morgan fingerprint density at radius 1 is 0.543 bits per heavy atom. The number of rotatable bonds is 20. The average Bonchev–Trinajstić information content (AvgIpc) is 1.64. The van der Waals surface area contributed by atoms with Crippen molar-refractivity contribution in [2.75, 3.05) is 64.7 Å². The number of thioether (sulfide) groups is 1. The van der Waals surface area contributed by atoms with E-state index in [1.807, 2.05) is 147 Å². The Morgan fingerprint density at radius 3 is 1.48 bits per heavy atom. The van der Waals surface area contributed by atoms with Crippen molar-refractivity contribution in [2.45, 2.75) is 134 Å². The summed E-state index contributed by atoms with van der Waals surface area (Å²) < 4.78 is 0. The van der Waals surface area contributed by atoms with Crippen molar-refractivity contribution in [3.05, 3.63) is 179 Å². The van der Waals surface area contributed by atoms with Crippen LogP contribution < -0.4 is 32.7 Å². The molecule has 8 rings (SSSR count). The number of unbranched alkanes of at least 4 members (excludes halogenated alkanes) is 1. The van der Waals surface area contributed by atoms with Gasteiger partial charge in [0.25, 0.3) is 5.91 Å². The second-order valence-corrected chi connectivity index (χ2v) is 26.0. The van der Waals surface area contributed by atoms with Crippen LogP contribution in [0.1, 0.15) is 116 Å². The number of hydrogen-bond acceptors (Lipinski definition) is 11. The number of primary amides is 1. The quantitative estimate of drug-likeness (QED) is 0.0367. The van der Waals surface area contributed by atoms with Gasteiger partial charge in [0, 0.05) is 81.0 Å². The molecule has 92 heavy (non-hydrogen) atoms. The summed E-state index contributed by atoms with van der Waals surface area (Å²) >= 11 is 1.50. The molecule has 0 aromatic heterocycles. The molecule has 3 aliphatic rings. The average molecular weight is 1280 g/mol. The van der Waals surface area contributed by atoms with E-state index in [1.54, 1.807) is 12.1 Å². The SMILES string of the molecule is CC(C)CC1CN(C(=O)CCc2ccccc2)CC(=O)N[C@@H](Cc2ccccc2)CN(C(=O)CC2CC2)CC(=O)N[C@@H](Cc2ccccc2)CN(CC(N)=O)C(=O)CCSCc2ccc(cc2)C(=O)N[C@@H](CCCCN)CN(C(=O)CCc2ccccc2)CC(=O)N1. The minimum absolute atomic E-state index is 0.0162. The first kappa shape index (κ1) is 71.1. The third kappa shape index (κ3) is 26.1. The number of carbonyl (C=O) groups is 9. The Balaban J connectivity index is 1.24. The summed E-state index contributed by atoms with van der Waals surface area (Å²) in [5.41, 5.74) is 16.6. The molecular weight excluding hydrogens is 1180 g/mol. The zero-order valence-corrected chi connectivity index (χ0v) is 54.3. The summed E-state index contributed by atoms with van der Waals surface area (Å²) in [7, 11) is 0. The van der Waals surface area contributed by atoms with Crippen LogP contribution in [0.15, 0.2) is 146 Å². The van der Waals surface area contributed by atoms with Crippen LogP contribution in [0.3, 0.4) is 0 Å². The van der Waals surface area contributed by atoms with Crippen LogP contribution in [0.25, 0.3) is 0 Å². The van der Waals surface area contributed by atoms with Crippen LogP contribution in [0.5, 0.6) is 0 Å². The molecular formula is C72H94N10O9S. The molecule has 1 aliphatic carbocycles. The maximum atomic E-state index is 14.9. The molecule has 0 radical (unpaired) electrons. The molecule has 8 N–H and O–H groups in total. The van der Waals surface area contributed by atoms with E-state index < -0.39 is 54.3 Å². The molecule has 5 aromatic rings. The minimum Gasteiger partial charge on any atom is -0.368 e. The van der Waals surface area contributed by atoms with Crippen molar-refractivity contribution >= 4 is 64.9 Å². The number of carbonyl (C=O) groups excluding carboxylic acids is 9. The molecule has 0 spiro atoms. The van der Waals surface area contributed by atoms with Crippen LogP contribution in [-0.4, -0.2) is 162 Å². The molecule has 9 amide bonds. The zero-order chi connectivity index (χ0) is 65.6. The van der Waals surface area contributed by atoms with Gasteiger partial charge in [-0.3, -0.25) is 43.2 Å². The predicted octanol–water partition coefficient (Wildman–Crippen LogP) is 6.40. The second-order valence-electron chi connectivity index (χ2n) is 24.9. The lowest BCUT2D eigenvalue weighted by atomic mass is 10.0. The molecule has 1 unspecified atom stereocenters. The molecule has 19 nitrogen and oxygen atoms in total. The van der Waals surface area contributed by atoms with E-state index in [4.69, 9.17) is 11.5 Å². The van der Waals surface area contributed by atoms with Gasteiger partial charge in [0.2, 0.25) is 47.3 Å². The predicted molar refractivity (Wildman–Crippen MR) is 359 cm³/mol. The van der Waals surface area contributed by atoms with Gasteiger partial charge in [0.1, 0.15) is 0 Å². The molecule has 20 heteroatoms. The van der Waals surface area contributed by atoms with Gasteiger partial charge in [0.15, 0.2) is 0 Å². The van der Waals surface area contributed by atoms with Gasteiger partial charge in [-0.05, 0) is 116 Å². The van der Waals surface area contributed by atoms with E-state index in [0.29, 0.717) is 62.1 Å².